The fourth-order valence-corrected chi connectivity index (χ4v) is 2.27. The molecule has 0 aromatic carbocycles. The van der Waals surface area contributed by atoms with Crippen molar-refractivity contribution >= 4 is 11.9 Å². The second-order valence-corrected chi connectivity index (χ2v) is 5.15. The number of nitrogens with zero attached hydrogens (tertiary/aromatic N) is 3. The maximum Gasteiger partial charge on any atom is 0.319 e. The Kier molecular flexibility index (Phi) is 4.55. The highest BCUT2D eigenvalue weighted by Crippen LogP contribution is 2.12. The van der Waals surface area contributed by atoms with Crippen LogP contribution in [0.3, 0.4) is 0 Å². The Morgan fingerprint density at radius 1 is 1.25 bits per heavy atom. The first-order chi connectivity index (χ1) is 9.58. The molecule has 6 heteroatoms. The van der Waals surface area contributed by atoms with E-state index in [0.29, 0.717) is 18.7 Å². The number of rotatable bonds is 2. The highest BCUT2D eigenvalue weighted by molar-refractivity contribution is 5.94. The molecular weight excluding hydrogens is 256 g/mol. The molecule has 6 nitrogen and oxygen atoms in total. The summed E-state index contributed by atoms with van der Waals surface area (Å²) >= 11 is 0. The van der Waals surface area contributed by atoms with Crippen LogP contribution in [0, 0.1) is 0 Å². The van der Waals surface area contributed by atoms with Gasteiger partial charge in [-0.3, -0.25) is 9.78 Å². The maximum atomic E-state index is 12.0. The molecule has 20 heavy (non-hydrogen) atoms. The zero-order valence-corrected chi connectivity index (χ0v) is 11.9. The minimum absolute atomic E-state index is 0.0314. The lowest BCUT2D eigenvalue weighted by Gasteiger charge is -2.33. The van der Waals surface area contributed by atoms with Crippen molar-refractivity contribution < 1.29 is 9.59 Å². The second kappa shape index (κ2) is 6.36. The first-order valence-corrected chi connectivity index (χ1v) is 6.75. The van der Waals surface area contributed by atoms with E-state index in [1.807, 2.05) is 4.90 Å². The predicted octanol–water partition coefficient (Wildman–Crippen LogP) is 0.957. The Hall–Kier alpha value is -2.11. The molecule has 2 rings (SSSR count). The molecule has 0 unspecified atom stereocenters. The molecule has 2 heterocycles. The van der Waals surface area contributed by atoms with Crippen LogP contribution in [-0.4, -0.2) is 59.9 Å². The van der Waals surface area contributed by atoms with Crippen molar-refractivity contribution in [3.05, 3.63) is 30.1 Å². The molecule has 0 spiro atoms. The summed E-state index contributed by atoms with van der Waals surface area (Å²) in [6, 6.07) is 3.55. The number of pyridine rings is 1. The average Bonchev–Trinajstić information content (AvgIpc) is 2.48. The van der Waals surface area contributed by atoms with Crippen LogP contribution in [0.1, 0.15) is 23.2 Å². The molecular formula is C14H20N4O2. The molecule has 1 N–H and O–H groups in total. The summed E-state index contributed by atoms with van der Waals surface area (Å²) in [6.07, 6.45) is 4.79. The third-order valence-corrected chi connectivity index (χ3v) is 3.43. The number of nitrogens with one attached hydrogen (secondary N) is 1. The Balaban J connectivity index is 1.83. The smallest absolute Gasteiger partial charge is 0.319 e. The first-order valence-electron chi connectivity index (χ1n) is 6.75. The van der Waals surface area contributed by atoms with Gasteiger partial charge >= 0.3 is 6.03 Å². The number of piperidine rings is 1. The Labute approximate surface area is 118 Å². The lowest BCUT2D eigenvalue weighted by molar-refractivity contribution is 0.0914. The quantitative estimate of drug-likeness (QED) is 0.875. The summed E-state index contributed by atoms with van der Waals surface area (Å²) in [7, 11) is 3.50. The normalized spacial score (nSPS) is 15.8. The highest BCUT2D eigenvalue weighted by Gasteiger charge is 2.24. The van der Waals surface area contributed by atoms with Crippen LogP contribution in [0.2, 0.25) is 0 Å². The number of aromatic nitrogens is 1. The largest absolute Gasteiger partial charge is 0.349 e. The standard InChI is InChI=1S/C14H20N4O2/c1-17(2)14(20)18-9-5-12(6-10-18)16-13(19)11-3-7-15-8-4-11/h3-4,7-8,12H,5-6,9-10H2,1-2H3,(H,16,19). The van der Waals surface area contributed by atoms with Gasteiger partial charge in [0.25, 0.3) is 5.91 Å². The van der Waals surface area contributed by atoms with Crippen molar-refractivity contribution in [1.29, 1.82) is 0 Å². The van der Waals surface area contributed by atoms with Gasteiger partial charge in [0.2, 0.25) is 0 Å². The van der Waals surface area contributed by atoms with E-state index in [1.165, 1.54) is 0 Å². The molecule has 1 saturated heterocycles. The molecule has 1 fully saturated rings. The minimum Gasteiger partial charge on any atom is -0.349 e. The zero-order chi connectivity index (χ0) is 14.5. The number of amides is 3. The van der Waals surface area contributed by atoms with Crippen molar-refractivity contribution in [1.82, 2.24) is 20.1 Å². The fourth-order valence-electron chi connectivity index (χ4n) is 2.27. The topological polar surface area (TPSA) is 65.5 Å². The summed E-state index contributed by atoms with van der Waals surface area (Å²) in [4.78, 5) is 31.1. The van der Waals surface area contributed by atoms with E-state index < -0.39 is 0 Å². The van der Waals surface area contributed by atoms with Crippen LogP contribution in [0.5, 0.6) is 0 Å². The summed E-state index contributed by atoms with van der Waals surface area (Å²) < 4.78 is 0. The number of carbonyl (C=O) groups excluding carboxylic acids is 2. The van der Waals surface area contributed by atoms with E-state index in [1.54, 1.807) is 43.5 Å². The lowest BCUT2D eigenvalue weighted by Crippen LogP contribution is -2.49. The molecule has 108 valence electrons. The number of hydrogen-bond donors (Lipinski definition) is 1. The van der Waals surface area contributed by atoms with Gasteiger partial charge in [0.05, 0.1) is 0 Å². The van der Waals surface area contributed by atoms with Crippen LogP contribution in [0.4, 0.5) is 4.79 Å². The van der Waals surface area contributed by atoms with Gasteiger partial charge < -0.3 is 15.1 Å². The van der Waals surface area contributed by atoms with Crippen molar-refractivity contribution in [2.75, 3.05) is 27.2 Å². The molecule has 3 amide bonds. The van der Waals surface area contributed by atoms with Gasteiger partial charge in [0.1, 0.15) is 0 Å². The van der Waals surface area contributed by atoms with Gasteiger partial charge in [-0.2, -0.15) is 0 Å². The zero-order valence-electron chi connectivity index (χ0n) is 11.9. The van der Waals surface area contributed by atoms with Crippen molar-refractivity contribution in [3.63, 3.8) is 0 Å². The molecule has 0 saturated carbocycles. The van der Waals surface area contributed by atoms with Gasteiger partial charge in [-0.1, -0.05) is 0 Å². The fraction of sp³-hybridized carbons (Fsp3) is 0.500. The molecule has 1 aliphatic heterocycles. The summed E-state index contributed by atoms with van der Waals surface area (Å²) in [5, 5.41) is 3.01. The molecule has 0 radical (unpaired) electrons. The third-order valence-electron chi connectivity index (χ3n) is 3.43. The number of hydrogen-bond acceptors (Lipinski definition) is 3. The monoisotopic (exact) mass is 276 g/mol. The lowest BCUT2D eigenvalue weighted by atomic mass is 10.0. The predicted molar refractivity (Wildman–Crippen MR) is 75.4 cm³/mol. The molecule has 1 aromatic rings. The Bertz CT molecular complexity index is 467. The van der Waals surface area contributed by atoms with Crippen LogP contribution < -0.4 is 5.32 Å². The van der Waals surface area contributed by atoms with E-state index in [9.17, 15) is 9.59 Å². The first kappa shape index (κ1) is 14.3. The van der Waals surface area contributed by atoms with E-state index >= 15 is 0 Å². The van der Waals surface area contributed by atoms with Crippen LogP contribution in [-0.2, 0) is 0 Å². The molecule has 0 atom stereocenters. The Morgan fingerprint density at radius 3 is 2.40 bits per heavy atom. The molecule has 0 aliphatic carbocycles. The second-order valence-electron chi connectivity index (χ2n) is 5.15. The van der Waals surface area contributed by atoms with Crippen LogP contribution in [0.15, 0.2) is 24.5 Å². The number of carbonyl (C=O) groups is 2. The van der Waals surface area contributed by atoms with Gasteiger partial charge in [0, 0.05) is 51.2 Å². The van der Waals surface area contributed by atoms with E-state index in [0.717, 1.165) is 12.8 Å². The summed E-state index contributed by atoms with van der Waals surface area (Å²) in [6.45, 7) is 1.36. The molecule has 0 bridgehead atoms. The molecule has 1 aromatic heterocycles. The van der Waals surface area contributed by atoms with E-state index in [4.69, 9.17) is 0 Å². The van der Waals surface area contributed by atoms with Crippen LogP contribution >= 0.6 is 0 Å². The third kappa shape index (κ3) is 3.46. The molecule has 1 aliphatic rings. The van der Waals surface area contributed by atoms with Gasteiger partial charge in [0.15, 0.2) is 0 Å². The number of likely N-dealkylation sites (tertiary alicyclic amines) is 1. The van der Waals surface area contributed by atoms with Gasteiger partial charge in [-0.25, -0.2) is 4.79 Å². The van der Waals surface area contributed by atoms with Gasteiger partial charge in [-0.15, -0.1) is 0 Å². The minimum atomic E-state index is -0.0789. The van der Waals surface area contributed by atoms with Gasteiger partial charge in [-0.05, 0) is 25.0 Å². The van der Waals surface area contributed by atoms with Crippen molar-refractivity contribution in [3.8, 4) is 0 Å². The number of urea groups is 1. The average molecular weight is 276 g/mol. The van der Waals surface area contributed by atoms with Crippen LogP contribution in [0.25, 0.3) is 0 Å². The van der Waals surface area contributed by atoms with Crippen molar-refractivity contribution in [2.45, 2.75) is 18.9 Å². The highest BCUT2D eigenvalue weighted by atomic mass is 16.2. The SMILES string of the molecule is CN(C)C(=O)N1CCC(NC(=O)c2ccncc2)CC1. The van der Waals surface area contributed by atoms with Crippen molar-refractivity contribution in [2.24, 2.45) is 0 Å². The van der Waals surface area contributed by atoms with E-state index in [2.05, 4.69) is 10.3 Å². The maximum absolute atomic E-state index is 12.0. The summed E-state index contributed by atoms with van der Waals surface area (Å²) in [5.41, 5.74) is 0.617. The summed E-state index contributed by atoms with van der Waals surface area (Å²) in [5.74, 6) is -0.0789. The van der Waals surface area contributed by atoms with E-state index in [-0.39, 0.29) is 18.0 Å². The Morgan fingerprint density at radius 2 is 1.85 bits per heavy atom.